The minimum absolute atomic E-state index is 0.0121. The molecule has 0 fully saturated rings. The molecule has 2 unspecified atom stereocenters. The van der Waals surface area contributed by atoms with Crippen LogP contribution in [0.15, 0.2) is 5.38 Å². The number of hydrogen-bond acceptors (Lipinski definition) is 5. The molecule has 0 aliphatic rings. The van der Waals surface area contributed by atoms with Gasteiger partial charge in [-0.3, -0.25) is 4.79 Å². The first-order valence-corrected chi connectivity index (χ1v) is 7.01. The number of carbonyl (C=O) groups is 2. The summed E-state index contributed by atoms with van der Waals surface area (Å²) in [5.74, 6) is -1.13. The van der Waals surface area contributed by atoms with Crippen LogP contribution >= 0.6 is 11.3 Å². The van der Waals surface area contributed by atoms with E-state index in [4.69, 9.17) is 10.8 Å². The highest BCUT2D eigenvalue weighted by molar-refractivity contribution is 7.09. The predicted octanol–water partition coefficient (Wildman–Crippen LogP) is 1.54. The molecule has 0 aromatic carbocycles. The lowest BCUT2D eigenvalue weighted by molar-refractivity contribution is -0.121. The van der Waals surface area contributed by atoms with Gasteiger partial charge in [0.2, 0.25) is 5.91 Å². The highest BCUT2D eigenvalue weighted by atomic mass is 32.1. The Morgan fingerprint density at radius 2 is 2.21 bits per heavy atom. The Morgan fingerprint density at radius 3 is 2.74 bits per heavy atom. The van der Waals surface area contributed by atoms with E-state index in [2.05, 4.69) is 10.3 Å². The van der Waals surface area contributed by atoms with E-state index in [0.29, 0.717) is 11.4 Å². The number of thiazole rings is 1. The van der Waals surface area contributed by atoms with Gasteiger partial charge in [-0.2, -0.15) is 0 Å². The zero-order valence-electron chi connectivity index (χ0n) is 11.0. The predicted molar refractivity (Wildman–Crippen MR) is 73.1 cm³/mol. The number of nitrogens with zero attached hydrogens (tertiary/aromatic N) is 1. The van der Waals surface area contributed by atoms with Crippen molar-refractivity contribution in [3.8, 4) is 0 Å². The molecule has 106 valence electrons. The van der Waals surface area contributed by atoms with Gasteiger partial charge in [0.1, 0.15) is 5.01 Å². The molecule has 6 nitrogen and oxygen atoms in total. The Bertz CT molecular complexity index is 445. The number of nitrogens with two attached hydrogens (primary N) is 1. The second-order valence-electron chi connectivity index (χ2n) is 4.53. The van der Waals surface area contributed by atoms with Gasteiger partial charge in [-0.25, -0.2) is 9.78 Å². The lowest BCUT2D eigenvalue weighted by atomic mass is 10.1. The molecule has 0 aliphatic carbocycles. The fourth-order valence-corrected chi connectivity index (χ4v) is 2.34. The van der Waals surface area contributed by atoms with E-state index in [-0.39, 0.29) is 23.7 Å². The van der Waals surface area contributed by atoms with E-state index in [0.717, 1.165) is 12.8 Å². The molecule has 1 aromatic rings. The molecule has 1 heterocycles. The molecule has 4 N–H and O–H groups in total. The quantitative estimate of drug-likeness (QED) is 0.704. The van der Waals surface area contributed by atoms with Crippen molar-refractivity contribution < 1.29 is 14.7 Å². The van der Waals surface area contributed by atoms with Crippen molar-refractivity contribution in [3.05, 3.63) is 16.1 Å². The highest BCUT2D eigenvalue weighted by Gasteiger charge is 2.15. The van der Waals surface area contributed by atoms with E-state index in [9.17, 15) is 9.59 Å². The molecule has 0 radical (unpaired) electrons. The van der Waals surface area contributed by atoms with Crippen molar-refractivity contribution in [2.45, 2.75) is 45.2 Å². The first-order chi connectivity index (χ1) is 8.90. The van der Waals surface area contributed by atoms with Crippen LogP contribution in [0.4, 0.5) is 0 Å². The van der Waals surface area contributed by atoms with Crippen LogP contribution < -0.4 is 11.1 Å². The van der Waals surface area contributed by atoms with Gasteiger partial charge in [0, 0.05) is 17.8 Å². The molecule has 0 spiro atoms. The monoisotopic (exact) mass is 285 g/mol. The zero-order chi connectivity index (χ0) is 14.4. The molecule has 0 saturated carbocycles. The lowest BCUT2D eigenvalue weighted by Crippen LogP contribution is -2.27. The van der Waals surface area contributed by atoms with E-state index < -0.39 is 5.97 Å². The van der Waals surface area contributed by atoms with Crippen LogP contribution in [-0.4, -0.2) is 28.0 Å². The van der Waals surface area contributed by atoms with Crippen LogP contribution in [-0.2, 0) is 4.79 Å². The SMILES string of the molecule is CC(N)CCCC(=O)NC(C)c1nc(C(=O)O)cs1. The summed E-state index contributed by atoms with van der Waals surface area (Å²) < 4.78 is 0. The number of carbonyl (C=O) groups excluding carboxylic acids is 1. The summed E-state index contributed by atoms with van der Waals surface area (Å²) in [4.78, 5) is 26.3. The summed E-state index contributed by atoms with van der Waals surface area (Å²) in [6, 6.07) is -0.178. The van der Waals surface area contributed by atoms with Crippen molar-refractivity contribution in [1.29, 1.82) is 0 Å². The van der Waals surface area contributed by atoms with Crippen molar-refractivity contribution in [2.75, 3.05) is 0 Å². The molecule has 2 atom stereocenters. The number of carboxylic acids is 1. The summed E-state index contributed by atoms with van der Waals surface area (Å²) in [6.07, 6.45) is 1.97. The van der Waals surface area contributed by atoms with Crippen LogP contribution in [0, 0.1) is 0 Å². The van der Waals surface area contributed by atoms with Crippen LogP contribution in [0.25, 0.3) is 0 Å². The number of carboxylic acid groups (broad SMARTS) is 1. The molecule has 19 heavy (non-hydrogen) atoms. The van der Waals surface area contributed by atoms with Crippen LogP contribution in [0.3, 0.4) is 0 Å². The van der Waals surface area contributed by atoms with Gasteiger partial charge in [-0.05, 0) is 26.7 Å². The highest BCUT2D eigenvalue weighted by Crippen LogP contribution is 2.18. The lowest BCUT2D eigenvalue weighted by Gasteiger charge is -2.11. The smallest absolute Gasteiger partial charge is 0.355 e. The average Bonchev–Trinajstić information content (AvgIpc) is 2.77. The van der Waals surface area contributed by atoms with E-state index >= 15 is 0 Å². The summed E-state index contributed by atoms with van der Waals surface area (Å²) in [5, 5.41) is 13.6. The van der Waals surface area contributed by atoms with Gasteiger partial charge in [-0.1, -0.05) is 0 Å². The van der Waals surface area contributed by atoms with E-state index in [1.807, 2.05) is 6.92 Å². The molecular formula is C12H19N3O3S. The van der Waals surface area contributed by atoms with Crippen LogP contribution in [0.5, 0.6) is 0 Å². The van der Waals surface area contributed by atoms with Crippen molar-refractivity contribution >= 4 is 23.2 Å². The maximum Gasteiger partial charge on any atom is 0.355 e. The second-order valence-corrected chi connectivity index (χ2v) is 5.42. The number of hydrogen-bond donors (Lipinski definition) is 3. The maximum atomic E-state index is 11.7. The van der Waals surface area contributed by atoms with Gasteiger partial charge in [0.15, 0.2) is 5.69 Å². The van der Waals surface area contributed by atoms with Gasteiger partial charge >= 0.3 is 5.97 Å². The molecule has 0 aliphatic heterocycles. The first kappa shape index (κ1) is 15.6. The Balaban J connectivity index is 2.42. The third kappa shape index (κ3) is 5.35. The van der Waals surface area contributed by atoms with Crippen molar-refractivity contribution in [2.24, 2.45) is 5.73 Å². The topological polar surface area (TPSA) is 105 Å². The number of nitrogens with one attached hydrogen (secondary N) is 1. The molecule has 0 bridgehead atoms. The summed E-state index contributed by atoms with van der Waals surface area (Å²) in [7, 11) is 0. The van der Waals surface area contributed by atoms with Crippen LogP contribution in [0.1, 0.15) is 54.6 Å². The zero-order valence-corrected chi connectivity index (χ0v) is 11.9. The van der Waals surface area contributed by atoms with Crippen LogP contribution in [0.2, 0.25) is 0 Å². The summed E-state index contributed by atoms with van der Waals surface area (Å²) in [6.45, 7) is 3.69. The van der Waals surface area contributed by atoms with Crippen molar-refractivity contribution in [3.63, 3.8) is 0 Å². The number of aromatic nitrogens is 1. The standard InChI is InChI=1S/C12H19N3O3S/c1-7(13)4-3-5-10(16)14-8(2)11-15-9(6-19-11)12(17)18/h6-8H,3-5,13H2,1-2H3,(H,14,16)(H,17,18). The van der Waals surface area contributed by atoms with Gasteiger partial charge in [0.05, 0.1) is 6.04 Å². The Kier molecular flexibility index (Phi) is 5.91. The number of aromatic carboxylic acids is 1. The average molecular weight is 285 g/mol. The van der Waals surface area contributed by atoms with Gasteiger partial charge < -0.3 is 16.2 Å². The van der Waals surface area contributed by atoms with E-state index in [1.165, 1.54) is 16.7 Å². The number of rotatable bonds is 7. The third-order valence-electron chi connectivity index (χ3n) is 2.55. The fraction of sp³-hybridized carbons (Fsp3) is 0.583. The van der Waals surface area contributed by atoms with E-state index in [1.54, 1.807) is 6.92 Å². The molecule has 7 heteroatoms. The van der Waals surface area contributed by atoms with Gasteiger partial charge in [0.25, 0.3) is 0 Å². The molecule has 1 rings (SSSR count). The Morgan fingerprint density at radius 1 is 1.53 bits per heavy atom. The summed E-state index contributed by atoms with van der Waals surface area (Å²) in [5.41, 5.74) is 5.62. The molecule has 0 saturated heterocycles. The first-order valence-electron chi connectivity index (χ1n) is 6.13. The fourth-order valence-electron chi connectivity index (χ4n) is 1.54. The summed E-state index contributed by atoms with van der Waals surface area (Å²) >= 11 is 1.23. The third-order valence-corrected chi connectivity index (χ3v) is 3.58. The Labute approximate surface area is 116 Å². The normalized spacial score (nSPS) is 13.8. The molecule has 1 amide bonds. The molecule has 1 aromatic heterocycles. The Hall–Kier alpha value is -1.47. The molecular weight excluding hydrogens is 266 g/mol. The minimum Gasteiger partial charge on any atom is -0.476 e. The maximum absolute atomic E-state index is 11.7. The van der Waals surface area contributed by atoms with Crippen molar-refractivity contribution in [1.82, 2.24) is 10.3 Å². The minimum atomic E-state index is -1.06. The number of amides is 1. The second kappa shape index (κ2) is 7.20. The van der Waals surface area contributed by atoms with Gasteiger partial charge in [-0.15, -0.1) is 11.3 Å². The largest absolute Gasteiger partial charge is 0.476 e.